The van der Waals surface area contributed by atoms with Gasteiger partial charge in [-0.1, -0.05) is 23.4 Å². The molecule has 1 aromatic rings. The lowest BCUT2D eigenvalue weighted by atomic mass is 10.0. The van der Waals surface area contributed by atoms with E-state index in [1.807, 2.05) is 13.0 Å². The molecule has 0 aromatic heterocycles. The second kappa shape index (κ2) is 4.12. The zero-order valence-electron chi connectivity index (χ0n) is 10.3. The second-order valence-electron chi connectivity index (χ2n) is 4.73. The van der Waals surface area contributed by atoms with E-state index in [1.165, 1.54) is 12.1 Å². The van der Waals surface area contributed by atoms with Gasteiger partial charge >= 0.3 is 0 Å². The van der Waals surface area contributed by atoms with Gasteiger partial charge in [-0.3, -0.25) is 0 Å². The van der Waals surface area contributed by atoms with Crippen LogP contribution in [-0.4, -0.2) is 17.3 Å². The first-order chi connectivity index (χ1) is 8.70. The summed E-state index contributed by atoms with van der Waals surface area (Å²) in [5.74, 6) is 0.608. The molecule has 0 N–H and O–H groups in total. The van der Waals surface area contributed by atoms with E-state index in [4.69, 9.17) is 4.84 Å². The summed E-state index contributed by atoms with van der Waals surface area (Å²) < 4.78 is 13.0. The minimum Gasteiger partial charge on any atom is -0.360 e. The average Bonchev–Trinajstić information content (AvgIpc) is 2.57. The van der Waals surface area contributed by atoms with Gasteiger partial charge in [0.2, 0.25) is 5.72 Å². The molecule has 1 unspecified atom stereocenters. The van der Waals surface area contributed by atoms with Crippen LogP contribution in [0.5, 0.6) is 0 Å². The lowest BCUT2D eigenvalue weighted by Gasteiger charge is -2.33. The number of oxime groups is 1. The molecule has 0 saturated heterocycles. The van der Waals surface area contributed by atoms with Crippen molar-refractivity contribution >= 4 is 5.84 Å². The molecular formula is C14H15FN2O. The lowest BCUT2D eigenvalue weighted by molar-refractivity contribution is -0.0903. The number of allylic oxidation sites excluding steroid dienone is 1. The van der Waals surface area contributed by atoms with Crippen molar-refractivity contribution in [2.24, 2.45) is 5.16 Å². The molecule has 0 bridgehead atoms. The fourth-order valence-electron chi connectivity index (χ4n) is 2.42. The van der Waals surface area contributed by atoms with Gasteiger partial charge in [0, 0.05) is 19.0 Å². The highest BCUT2D eigenvalue weighted by Gasteiger charge is 2.42. The molecule has 2 heterocycles. The van der Waals surface area contributed by atoms with Crippen molar-refractivity contribution in [1.82, 2.24) is 4.90 Å². The van der Waals surface area contributed by atoms with Crippen molar-refractivity contribution in [2.45, 2.75) is 25.5 Å². The highest BCUT2D eigenvalue weighted by molar-refractivity contribution is 5.94. The van der Waals surface area contributed by atoms with Crippen molar-refractivity contribution in [3.05, 3.63) is 47.8 Å². The Balaban J connectivity index is 1.96. The fraction of sp³-hybridized carbons (Fsp3) is 0.357. The number of amidine groups is 1. The lowest BCUT2D eigenvalue weighted by Crippen LogP contribution is -2.43. The number of benzene rings is 1. The van der Waals surface area contributed by atoms with Gasteiger partial charge < -0.3 is 9.74 Å². The summed E-state index contributed by atoms with van der Waals surface area (Å²) in [5.41, 5.74) is 0.288. The van der Waals surface area contributed by atoms with Crippen LogP contribution in [0.1, 0.15) is 25.3 Å². The predicted octanol–water partition coefficient (Wildman–Crippen LogP) is 2.99. The van der Waals surface area contributed by atoms with Gasteiger partial charge in [0.1, 0.15) is 5.82 Å². The summed E-state index contributed by atoms with van der Waals surface area (Å²) in [7, 11) is 0. The molecule has 0 amide bonds. The standard InChI is InChI=1S/C14H15FN2O/c1-14(11-6-8-12(15)9-7-11)17-10-4-2-3-5-13(17)16-18-14/h3,5-9H,2,4,10H2,1H3. The maximum absolute atomic E-state index is 13.0. The van der Waals surface area contributed by atoms with E-state index in [-0.39, 0.29) is 5.82 Å². The van der Waals surface area contributed by atoms with E-state index in [1.54, 1.807) is 12.1 Å². The molecule has 4 heteroatoms. The molecule has 0 radical (unpaired) electrons. The van der Waals surface area contributed by atoms with Crippen LogP contribution in [0.2, 0.25) is 0 Å². The zero-order chi connectivity index (χ0) is 12.6. The number of hydrogen-bond acceptors (Lipinski definition) is 3. The van der Waals surface area contributed by atoms with Crippen LogP contribution in [0.4, 0.5) is 4.39 Å². The van der Waals surface area contributed by atoms with Gasteiger partial charge in [0.05, 0.1) is 0 Å². The van der Waals surface area contributed by atoms with Crippen LogP contribution in [0.3, 0.4) is 0 Å². The number of hydrogen-bond donors (Lipinski definition) is 0. The molecule has 2 aliphatic heterocycles. The van der Waals surface area contributed by atoms with Crippen molar-refractivity contribution in [3.8, 4) is 0 Å². The van der Waals surface area contributed by atoms with Gasteiger partial charge in [-0.2, -0.15) is 0 Å². The second-order valence-corrected chi connectivity index (χ2v) is 4.73. The van der Waals surface area contributed by atoms with Gasteiger partial charge in [-0.15, -0.1) is 0 Å². The minimum atomic E-state index is -0.627. The summed E-state index contributed by atoms with van der Waals surface area (Å²) in [6.07, 6.45) is 6.21. The summed E-state index contributed by atoms with van der Waals surface area (Å²) in [6, 6.07) is 6.41. The highest BCUT2D eigenvalue weighted by Crippen LogP contribution is 2.36. The summed E-state index contributed by atoms with van der Waals surface area (Å²) in [4.78, 5) is 7.74. The molecule has 1 atom stereocenters. The quantitative estimate of drug-likeness (QED) is 0.761. The molecule has 0 aliphatic carbocycles. The third-order valence-electron chi connectivity index (χ3n) is 3.51. The number of fused-ring (bicyclic) bond motifs is 1. The Labute approximate surface area is 106 Å². The third-order valence-corrected chi connectivity index (χ3v) is 3.51. The van der Waals surface area contributed by atoms with Crippen LogP contribution in [0.15, 0.2) is 41.6 Å². The SMILES string of the molecule is CC1(c2ccc(F)cc2)ON=C2C=CCCCN21. The molecule has 0 saturated carbocycles. The number of nitrogens with zero attached hydrogens (tertiary/aromatic N) is 2. The van der Waals surface area contributed by atoms with E-state index in [0.717, 1.165) is 30.8 Å². The first kappa shape index (κ1) is 11.3. The van der Waals surface area contributed by atoms with Crippen LogP contribution >= 0.6 is 0 Å². The number of rotatable bonds is 1. The van der Waals surface area contributed by atoms with E-state index in [2.05, 4.69) is 16.1 Å². The van der Waals surface area contributed by atoms with E-state index >= 15 is 0 Å². The van der Waals surface area contributed by atoms with Crippen molar-refractivity contribution in [2.75, 3.05) is 6.54 Å². The third kappa shape index (κ3) is 1.68. The summed E-state index contributed by atoms with van der Waals surface area (Å²) in [5, 5.41) is 4.13. The van der Waals surface area contributed by atoms with Gasteiger partial charge in [0.25, 0.3) is 0 Å². The smallest absolute Gasteiger partial charge is 0.234 e. The minimum absolute atomic E-state index is 0.239. The van der Waals surface area contributed by atoms with Crippen molar-refractivity contribution in [3.63, 3.8) is 0 Å². The molecule has 3 rings (SSSR count). The van der Waals surface area contributed by atoms with Crippen LogP contribution in [0.25, 0.3) is 0 Å². The molecule has 0 spiro atoms. The molecule has 1 aromatic carbocycles. The van der Waals surface area contributed by atoms with Gasteiger partial charge in [-0.05, 0) is 31.1 Å². The molecule has 3 nitrogen and oxygen atoms in total. The largest absolute Gasteiger partial charge is 0.360 e. The Kier molecular flexibility index (Phi) is 2.58. The maximum Gasteiger partial charge on any atom is 0.234 e. The fourth-order valence-corrected chi connectivity index (χ4v) is 2.42. The normalized spacial score (nSPS) is 26.3. The van der Waals surface area contributed by atoms with Gasteiger partial charge in [0.15, 0.2) is 5.84 Å². The molecule has 94 valence electrons. The first-order valence-corrected chi connectivity index (χ1v) is 6.16. The van der Waals surface area contributed by atoms with E-state index < -0.39 is 5.72 Å². The highest BCUT2D eigenvalue weighted by atomic mass is 19.1. The van der Waals surface area contributed by atoms with Crippen LogP contribution in [-0.2, 0) is 10.6 Å². The summed E-state index contributed by atoms with van der Waals surface area (Å²) >= 11 is 0. The van der Waals surface area contributed by atoms with Crippen molar-refractivity contribution < 1.29 is 9.23 Å². The van der Waals surface area contributed by atoms with E-state index in [0.29, 0.717) is 0 Å². The summed E-state index contributed by atoms with van der Waals surface area (Å²) in [6.45, 7) is 2.86. The maximum atomic E-state index is 13.0. The molecule has 2 aliphatic rings. The predicted molar refractivity (Wildman–Crippen MR) is 67.4 cm³/mol. The number of halogens is 1. The van der Waals surface area contributed by atoms with E-state index in [9.17, 15) is 4.39 Å². The Morgan fingerprint density at radius 1 is 1.33 bits per heavy atom. The Bertz CT molecular complexity index is 509. The van der Waals surface area contributed by atoms with Gasteiger partial charge in [-0.25, -0.2) is 4.39 Å². The van der Waals surface area contributed by atoms with Crippen LogP contribution in [0, 0.1) is 5.82 Å². The Morgan fingerprint density at radius 2 is 2.11 bits per heavy atom. The van der Waals surface area contributed by atoms with Crippen molar-refractivity contribution in [1.29, 1.82) is 0 Å². The first-order valence-electron chi connectivity index (χ1n) is 6.16. The monoisotopic (exact) mass is 246 g/mol. The molecule has 0 fully saturated rings. The Morgan fingerprint density at radius 3 is 2.89 bits per heavy atom. The average molecular weight is 246 g/mol. The zero-order valence-corrected chi connectivity index (χ0v) is 10.3. The topological polar surface area (TPSA) is 24.8 Å². The Hall–Kier alpha value is -1.84. The molecule has 18 heavy (non-hydrogen) atoms. The van der Waals surface area contributed by atoms with Crippen LogP contribution < -0.4 is 0 Å². The molecular weight excluding hydrogens is 231 g/mol.